The van der Waals surface area contributed by atoms with Crippen LogP contribution in [0.3, 0.4) is 0 Å². The molecule has 0 unspecified atom stereocenters. The van der Waals surface area contributed by atoms with Crippen molar-refractivity contribution in [3.8, 4) is 31.8 Å². The highest BCUT2D eigenvalue weighted by atomic mass is 32.1. The molecule has 1 N–H and O–H groups in total. The number of hydrogen-bond donors (Lipinski definition) is 1. The van der Waals surface area contributed by atoms with E-state index in [0.29, 0.717) is 16.6 Å². The summed E-state index contributed by atoms with van der Waals surface area (Å²) < 4.78 is 10.8. The zero-order valence-electron chi connectivity index (χ0n) is 14.9. The number of carbonyl (C=O) groups excluding carboxylic acids is 1. The highest BCUT2D eigenvalue weighted by molar-refractivity contribution is 7.24. The number of anilines is 1. The van der Waals surface area contributed by atoms with Gasteiger partial charge in [-0.15, -0.1) is 22.7 Å². The van der Waals surface area contributed by atoms with Crippen molar-refractivity contribution in [2.75, 3.05) is 19.0 Å². The average Bonchev–Trinajstić information content (AvgIpc) is 3.47. The predicted octanol–water partition coefficient (Wildman–Crippen LogP) is 5.63. The first-order valence-corrected chi connectivity index (χ1v) is 11.0. The number of rotatable bonds is 7. The van der Waals surface area contributed by atoms with Gasteiger partial charge in [0.05, 0.1) is 16.9 Å². The molecule has 4 aromatic rings. The van der Waals surface area contributed by atoms with Crippen molar-refractivity contribution in [2.24, 2.45) is 0 Å². The summed E-state index contributed by atoms with van der Waals surface area (Å²) in [5, 5.41) is 7.46. The minimum atomic E-state index is -0.268. The Labute approximate surface area is 174 Å². The fourth-order valence-electron chi connectivity index (χ4n) is 2.57. The van der Waals surface area contributed by atoms with Crippen LogP contribution in [-0.4, -0.2) is 24.6 Å². The second kappa shape index (κ2) is 8.55. The number of para-hydroxylation sites is 2. The van der Waals surface area contributed by atoms with E-state index < -0.39 is 0 Å². The number of carbonyl (C=O) groups is 1. The molecule has 0 saturated carbocycles. The molecule has 0 fully saturated rings. The standard InChI is InChI=1S/C20H16N2O3S3/c1-24-13-6-2-3-7-14(13)25-12-17(23)21-20-22-18(15-8-4-10-26-15)19(28-20)16-9-5-11-27-16/h2-11H,12H2,1H3,(H,21,22,23). The molecule has 0 aliphatic carbocycles. The van der Waals surface area contributed by atoms with E-state index in [0.717, 1.165) is 20.3 Å². The lowest BCUT2D eigenvalue weighted by molar-refractivity contribution is -0.118. The van der Waals surface area contributed by atoms with Crippen LogP contribution in [0.4, 0.5) is 5.13 Å². The fraction of sp³-hybridized carbons (Fsp3) is 0.100. The lowest BCUT2D eigenvalue weighted by Gasteiger charge is -2.09. The van der Waals surface area contributed by atoms with E-state index in [-0.39, 0.29) is 12.5 Å². The number of aromatic nitrogens is 1. The highest BCUT2D eigenvalue weighted by Gasteiger charge is 2.18. The topological polar surface area (TPSA) is 60.5 Å². The average molecular weight is 429 g/mol. The highest BCUT2D eigenvalue weighted by Crippen LogP contribution is 2.42. The number of ether oxygens (including phenoxy) is 2. The van der Waals surface area contributed by atoms with E-state index in [9.17, 15) is 4.79 Å². The van der Waals surface area contributed by atoms with Crippen LogP contribution in [0, 0.1) is 0 Å². The summed E-state index contributed by atoms with van der Waals surface area (Å²) in [6.45, 7) is -0.122. The van der Waals surface area contributed by atoms with Gasteiger partial charge in [-0.1, -0.05) is 35.6 Å². The van der Waals surface area contributed by atoms with E-state index in [2.05, 4.69) is 16.4 Å². The van der Waals surface area contributed by atoms with Crippen LogP contribution >= 0.6 is 34.0 Å². The number of amides is 1. The number of methoxy groups -OCH3 is 1. The molecule has 3 aromatic heterocycles. The maximum Gasteiger partial charge on any atom is 0.264 e. The Morgan fingerprint density at radius 2 is 1.71 bits per heavy atom. The van der Waals surface area contributed by atoms with Gasteiger partial charge in [-0.25, -0.2) is 4.98 Å². The molecule has 1 aromatic carbocycles. The summed E-state index contributed by atoms with van der Waals surface area (Å²) in [4.78, 5) is 20.3. The zero-order chi connectivity index (χ0) is 19.3. The monoisotopic (exact) mass is 428 g/mol. The molecule has 0 saturated heterocycles. The van der Waals surface area contributed by atoms with E-state index in [4.69, 9.17) is 9.47 Å². The first kappa shape index (κ1) is 18.7. The maximum atomic E-state index is 12.4. The third-order valence-electron chi connectivity index (χ3n) is 3.80. The molecule has 3 heterocycles. The second-order valence-electron chi connectivity index (χ2n) is 5.64. The summed E-state index contributed by atoms with van der Waals surface area (Å²) >= 11 is 4.75. The molecule has 4 rings (SSSR count). The van der Waals surface area contributed by atoms with Crippen LogP contribution in [0.15, 0.2) is 59.3 Å². The zero-order valence-corrected chi connectivity index (χ0v) is 17.3. The van der Waals surface area contributed by atoms with Gasteiger partial charge in [0.15, 0.2) is 23.2 Å². The van der Waals surface area contributed by atoms with E-state index >= 15 is 0 Å². The summed E-state index contributed by atoms with van der Waals surface area (Å²) in [5.74, 6) is 0.845. The third-order valence-corrected chi connectivity index (χ3v) is 6.70. The molecule has 0 atom stereocenters. The molecule has 0 bridgehead atoms. The smallest absolute Gasteiger partial charge is 0.264 e. The Bertz CT molecular complexity index is 1000. The molecular weight excluding hydrogens is 412 g/mol. The third kappa shape index (κ3) is 4.09. The summed E-state index contributed by atoms with van der Waals surface area (Å²) in [5.41, 5.74) is 0.892. The molecule has 0 radical (unpaired) electrons. The molecule has 0 aliphatic rings. The summed E-state index contributed by atoms with van der Waals surface area (Å²) in [6, 6.07) is 15.3. The maximum absolute atomic E-state index is 12.4. The fourth-order valence-corrected chi connectivity index (χ4v) is 5.20. The van der Waals surface area contributed by atoms with Crippen molar-refractivity contribution in [3.63, 3.8) is 0 Å². The first-order chi connectivity index (χ1) is 13.7. The van der Waals surface area contributed by atoms with E-state index in [1.165, 1.54) is 11.3 Å². The van der Waals surface area contributed by atoms with Crippen molar-refractivity contribution in [3.05, 3.63) is 59.3 Å². The van der Waals surface area contributed by atoms with Gasteiger partial charge in [-0.2, -0.15) is 0 Å². The molecular formula is C20H16N2O3S3. The van der Waals surface area contributed by atoms with Crippen LogP contribution in [-0.2, 0) is 4.79 Å². The largest absolute Gasteiger partial charge is 0.493 e. The number of nitrogens with one attached hydrogen (secondary N) is 1. The Hall–Kier alpha value is -2.68. The van der Waals surface area contributed by atoms with Gasteiger partial charge in [0.2, 0.25) is 0 Å². The van der Waals surface area contributed by atoms with Gasteiger partial charge in [0.25, 0.3) is 5.91 Å². The van der Waals surface area contributed by atoms with E-state index in [1.807, 2.05) is 41.1 Å². The van der Waals surface area contributed by atoms with Crippen LogP contribution in [0.1, 0.15) is 0 Å². The van der Waals surface area contributed by atoms with Crippen molar-refractivity contribution >= 4 is 45.0 Å². The molecule has 0 aliphatic heterocycles. The van der Waals surface area contributed by atoms with Crippen LogP contribution in [0.25, 0.3) is 20.3 Å². The number of hydrogen-bond acceptors (Lipinski definition) is 7. The van der Waals surface area contributed by atoms with Gasteiger partial charge in [-0.05, 0) is 35.0 Å². The lowest BCUT2D eigenvalue weighted by atomic mass is 10.3. The SMILES string of the molecule is COc1ccccc1OCC(=O)Nc1nc(-c2cccs2)c(-c2cccs2)s1. The molecule has 5 nitrogen and oxygen atoms in total. The van der Waals surface area contributed by atoms with Gasteiger partial charge in [-0.3, -0.25) is 10.1 Å². The van der Waals surface area contributed by atoms with Crippen LogP contribution in [0.5, 0.6) is 11.5 Å². The van der Waals surface area contributed by atoms with Crippen LogP contribution < -0.4 is 14.8 Å². The Balaban J connectivity index is 1.50. The summed E-state index contributed by atoms with van der Waals surface area (Å²) in [7, 11) is 1.57. The van der Waals surface area contributed by atoms with Crippen molar-refractivity contribution < 1.29 is 14.3 Å². The van der Waals surface area contributed by atoms with Crippen LogP contribution in [0.2, 0.25) is 0 Å². The van der Waals surface area contributed by atoms with Crippen molar-refractivity contribution in [1.29, 1.82) is 0 Å². The van der Waals surface area contributed by atoms with Gasteiger partial charge in [0.1, 0.15) is 5.69 Å². The van der Waals surface area contributed by atoms with Crippen molar-refractivity contribution in [1.82, 2.24) is 4.98 Å². The van der Waals surface area contributed by atoms with Crippen molar-refractivity contribution in [2.45, 2.75) is 0 Å². The number of thiophene rings is 2. The Kier molecular flexibility index (Phi) is 5.70. The minimum absolute atomic E-state index is 0.122. The molecule has 8 heteroatoms. The van der Waals surface area contributed by atoms with E-state index in [1.54, 1.807) is 41.9 Å². The molecule has 0 spiro atoms. The molecule has 1 amide bonds. The number of thiazole rings is 1. The Morgan fingerprint density at radius 3 is 2.39 bits per heavy atom. The predicted molar refractivity (Wildman–Crippen MR) is 116 cm³/mol. The quantitative estimate of drug-likeness (QED) is 0.415. The number of benzene rings is 1. The van der Waals surface area contributed by atoms with Gasteiger partial charge in [0, 0.05) is 4.88 Å². The van der Waals surface area contributed by atoms with Gasteiger partial charge >= 0.3 is 0 Å². The number of nitrogens with zero attached hydrogens (tertiary/aromatic N) is 1. The minimum Gasteiger partial charge on any atom is -0.493 e. The summed E-state index contributed by atoms with van der Waals surface area (Å²) in [6.07, 6.45) is 0. The molecule has 142 valence electrons. The van der Waals surface area contributed by atoms with Gasteiger partial charge < -0.3 is 9.47 Å². The first-order valence-electron chi connectivity index (χ1n) is 8.39. The normalized spacial score (nSPS) is 10.6. The molecule has 28 heavy (non-hydrogen) atoms. The lowest BCUT2D eigenvalue weighted by Crippen LogP contribution is -2.20. The Morgan fingerprint density at radius 1 is 1.00 bits per heavy atom. The second-order valence-corrected chi connectivity index (χ2v) is 8.53.